The van der Waals surface area contributed by atoms with Gasteiger partial charge in [0.15, 0.2) is 0 Å². The number of hydrogen-bond acceptors (Lipinski definition) is 5. The van der Waals surface area contributed by atoms with Gasteiger partial charge < -0.3 is 19.0 Å². The molecule has 0 bridgehead atoms. The molecule has 6 nitrogen and oxygen atoms in total. The molecule has 0 spiro atoms. The van der Waals surface area contributed by atoms with Gasteiger partial charge in [-0.05, 0) is 29.8 Å². The van der Waals surface area contributed by atoms with E-state index in [-0.39, 0.29) is 11.5 Å². The fourth-order valence-corrected chi connectivity index (χ4v) is 3.40. The van der Waals surface area contributed by atoms with E-state index in [1.807, 2.05) is 24.3 Å². The maximum Gasteiger partial charge on any atom is 0.349 e. The molecule has 1 aliphatic heterocycles. The van der Waals surface area contributed by atoms with Crippen molar-refractivity contribution in [3.63, 3.8) is 0 Å². The molecule has 1 aliphatic rings. The summed E-state index contributed by atoms with van der Waals surface area (Å²) in [5, 5.41) is 0.730. The van der Waals surface area contributed by atoms with Crippen molar-refractivity contribution >= 4 is 22.6 Å². The highest BCUT2D eigenvalue weighted by atomic mass is 16.5. The molecule has 0 saturated carbocycles. The van der Waals surface area contributed by atoms with Crippen LogP contribution in [0.2, 0.25) is 0 Å². The topological polar surface area (TPSA) is 63.0 Å². The zero-order valence-corrected chi connectivity index (χ0v) is 15.8. The predicted molar refractivity (Wildman–Crippen MR) is 108 cm³/mol. The van der Waals surface area contributed by atoms with E-state index >= 15 is 0 Å². The van der Waals surface area contributed by atoms with Crippen molar-refractivity contribution in [1.82, 2.24) is 4.90 Å². The number of benzene rings is 2. The molecule has 6 heteroatoms. The normalized spacial score (nSPS) is 14.2. The summed E-state index contributed by atoms with van der Waals surface area (Å²) in [7, 11) is 1.69. The molecule has 1 aromatic heterocycles. The van der Waals surface area contributed by atoms with Crippen molar-refractivity contribution in [2.45, 2.75) is 6.54 Å². The van der Waals surface area contributed by atoms with Crippen LogP contribution in [-0.2, 0) is 11.3 Å². The number of fused-ring (bicyclic) bond motifs is 1. The minimum Gasteiger partial charge on any atom is -0.422 e. The fraction of sp³-hybridized carbons (Fsp3) is 0.273. The molecule has 0 unspecified atom stereocenters. The number of ether oxygens (including phenoxy) is 1. The van der Waals surface area contributed by atoms with E-state index in [0.717, 1.165) is 42.9 Å². The van der Waals surface area contributed by atoms with Gasteiger partial charge in [-0.15, -0.1) is 0 Å². The second-order valence-electron chi connectivity index (χ2n) is 6.91. The summed E-state index contributed by atoms with van der Waals surface area (Å²) >= 11 is 0. The van der Waals surface area contributed by atoms with Gasteiger partial charge in [-0.3, -0.25) is 4.79 Å². The predicted octanol–water partition coefficient (Wildman–Crippen LogP) is 2.90. The Morgan fingerprint density at radius 3 is 2.54 bits per heavy atom. The molecule has 144 valence electrons. The van der Waals surface area contributed by atoms with Crippen LogP contribution >= 0.6 is 0 Å². The lowest BCUT2D eigenvalue weighted by atomic mass is 10.1. The summed E-state index contributed by atoms with van der Waals surface area (Å²) in [6.07, 6.45) is 0. The number of carbonyl (C=O) groups excluding carboxylic acids is 1. The van der Waals surface area contributed by atoms with Gasteiger partial charge in [0.05, 0.1) is 13.2 Å². The molecule has 1 fully saturated rings. The molecular weight excluding hydrogens is 356 g/mol. The number of carbonyl (C=O) groups is 1. The van der Waals surface area contributed by atoms with Crippen LogP contribution in [0, 0.1) is 0 Å². The number of nitrogens with zero attached hydrogens (tertiary/aromatic N) is 2. The SMILES string of the molecule is CN(Cc1ccc(N2CCOCC2)cc1)C(=O)c1cc2ccccc2oc1=O. The molecule has 2 heterocycles. The largest absolute Gasteiger partial charge is 0.422 e. The Bertz CT molecular complexity index is 1040. The molecule has 1 amide bonds. The second-order valence-corrected chi connectivity index (χ2v) is 6.91. The van der Waals surface area contributed by atoms with Crippen LogP contribution in [0.5, 0.6) is 0 Å². The highest BCUT2D eigenvalue weighted by Crippen LogP contribution is 2.18. The highest BCUT2D eigenvalue weighted by molar-refractivity contribution is 5.96. The van der Waals surface area contributed by atoms with Crippen molar-refractivity contribution < 1.29 is 13.9 Å². The van der Waals surface area contributed by atoms with Gasteiger partial charge in [0.1, 0.15) is 11.1 Å². The maximum atomic E-state index is 12.8. The van der Waals surface area contributed by atoms with Crippen molar-refractivity contribution in [2.24, 2.45) is 0 Å². The van der Waals surface area contributed by atoms with Crippen molar-refractivity contribution in [3.8, 4) is 0 Å². The Morgan fingerprint density at radius 1 is 1.07 bits per heavy atom. The number of anilines is 1. The van der Waals surface area contributed by atoms with Crippen LogP contribution in [0.15, 0.2) is 63.8 Å². The van der Waals surface area contributed by atoms with E-state index in [0.29, 0.717) is 12.1 Å². The number of morpholine rings is 1. The second kappa shape index (κ2) is 7.86. The van der Waals surface area contributed by atoms with Gasteiger partial charge in [0, 0.05) is 37.8 Å². The first-order valence-corrected chi connectivity index (χ1v) is 9.32. The van der Waals surface area contributed by atoms with Crippen molar-refractivity contribution in [2.75, 3.05) is 38.3 Å². The van der Waals surface area contributed by atoms with Crippen LogP contribution in [0.1, 0.15) is 15.9 Å². The number of amides is 1. The summed E-state index contributed by atoms with van der Waals surface area (Å²) in [6, 6.07) is 16.9. The van der Waals surface area contributed by atoms with Gasteiger partial charge in [-0.2, -0.15) is 0 Å². The Hall–Kier alpha value is -3.12. The standard InChI is InChI=1S/C22H22N2O4/c1-23(15-16-6-8-18(9-7-16)24-10-12-27-13-11-24)21(25)19-14-17-4-2-3-5-20(17)28-22(19)26/h2-9,14H,10-13,15H2,1H3. The average Bonchev–Trinajstić information content (AvgIpc) is 2.74. The molecule has 0 N–H and O–H groups in total. The van der Waals surface area contributed by atoms with Gasteiger partial charge in [-0.1, -0.05) is 30.3 Å². The molecule has 28 heavy (non-hydrogen) atoms. The van der Waals surface area contributed by atoms with Gasteiger partial charge in [0.2, 0.25) is 0 Å². The van der Waals surface area contributed by atoms with E-state index in [2.05, 4.69) is 17.0 Å². The zero-order chi connectivity index (χ0) is 19.5. The molecule has 0 radical (unpaired) electrons. The van der Waals surface area contributed by atoms with E-state index < -0.39 is 5.63 Å². The first kappa shape index (κ1) is 18.3. The Balaban J connectivity index is 1.48. The summed E-state index contributed by atoms with van der Waals surface area (Å²) in [4.78, 5) is 28.8. The first-order chi connectivity index (χ1) is 13.6. The number of para-hydroxylation sites is 1. The summed E-state index contributed by atoms with van der Waals surface area (Å²) in [6.45, 7) is 3.67. The van der Waals surface area contributed by atoms with Crippen LogP contribution in [-0.4, -0.2) is 44.2 Å². The molecule has 0 aliphatic carbocycles. The lowest BCUT2D eigenvalue weighted by Gasteiger charge is -2.29. The molecule has 0 atom stereocenters. The molecule has 2 aromatic carbocycles. The summed E-state index contributed by atoms with van der Waals surface area (Å²) in [5.41, 5.74) is 2.06. The van der Waals surface area contributed by atoms with Crippen molar-refractivity contribution in [3.05, 3.63) is 76.1 Å². The van der Waals surface area contributed by atoms with E-state index in [9.17, 15) is 9.59 Å². The third-order valence-corrected chi connectivity index (χ3v) is 4.95. The zero-order valence-electron chi connectivity index (χ0n) is 15.8. The third kappa shape index (κ3) is 3.77. The van der Waals surface area contributed by atoms with Crippen LogP contribution < -0.4 is 10.5 Å². The Kier molecular flexibility index (Phi) is 5.12. The smallest absolute Gasteiger partial charge is 0.349 e. The number of rotatable bonds is 4. The van der Waals surface area contributed by atoms with Crippen molar-refractivity contribution in [1.29, 1.82) is 0 Å². The lowest BCUT2D eigenvalue weighted by Crippen LogP contribution is -2.36. The Morgan fingerprint density at radius 2 is 1.79 bits per heavy atom. The average molecular weight is 378 g/mol. The fourth-order valence-electron chi connectivity index (χ4n) is 3.40. The molecule has 1 saturated heterocycles. The first-order valence-electron chi connectivity index (χ1n) is 9.32. The minimum atomic E-state index is -0.613. The van der Waals surface area contributed by atoms with Gasteiger partial charge >= 0.3 is 5.63 Å². The Labute approximate surface area is 162 Å². The third-order valence-electron chi connectivity index (χ3n) is 4.95. The van der Waals surface area contributed by atoms with E-state index in [1.165, 1.54) is 4.90 Å². The van der Waals surface area contributed by atoms with E-state index in [4.69, 9.17) is 9.15 Å². The quantitative estimate of drug-likeness (QED) is 0.653. The molecule has 3 aromatic rings. The minimum absolute atomic E-state index is 0.0473. The molecular formula is C22H22N2O4. The maximum absolute atomic E-state index is 12.8. The monoisotopic (exact) mass is 378 g/mol. The van der Waals surface area contributed by atoms with Gasteiger partial charge in [0.25, 0.3) is 5.91 Å². The van der Waals surface area contributed by atoms with Crippen LogP contribution in [0.25, 0.3) is 11.0 Å². The molecule has 4 rings (SSSR count). The van der Waals surface area contributed by atoms with E-state index in [1.54, 1.807) is 25.2 Å². The summed E-state index contributed by atoms with van der Waals surface area (Å²) in [5.74, 6) is -0.350. The highest BCUT2D eigenvalue weighted by Gasteiger charge is 2.18. The van der Waals surface area contributed by atoms with Gasteiger partial charge in [-0.25, -0.2) is 4.79 Å². The lowest BCUT2D eigenvalue weighted by molar-refractivity contribution is 0.0781. The van der Waals surface area contributed by atoms with Crippen LogP contribution in [0.4, 0.5) is 5.69 Å². The summed E-state index contributed by atoms with van der Waals surface area (Å²) < 4.78 is 10.7. The number of hydrogen-bond donors (Lipinski definition) is 0. The van der Waals surface area contributed by atoms with Crippen LogP contribution in [0.3, 0.4) is 0 Å².